The number of hydrogen-bond donors (Lipinski definition) is 1. The van der Waals surface area contributed by atoms with E-state index in [0.717, 1.165) is 18.5 Å². The second-order valence-corrected chi connectivity index (χ2v) is 5.16. The molecule has 0 unspecified atom stereocenters. The highest BCUT2D eigenvalue weighted by Crippen LogP contribution is 2.21. The molecule has 0 aliphatic carbocycles. The van der Waals surface area contributed by atoms with E-state index >= 15 is 0 Å². The standard InChI is InChI=1S/C14H23F3N2O/c1-4-6-18-8-13-12(5-7-20-13)9-19(11(2)3)10-14(15,16)17/h5,7,11,18H,4,6,8-10H2,1-3H3. The summed E-state index contributed by atoms with van der Waals surface area (Å²) >= 11 is 0. The normalized spacial score (nSPS) is 12.6. The number of nitrogens with zero attached hydrogens (tertiary/aromatic N) is 1. The number of nitrogens with one attached hydrogen (secondary N) is 1. The molecular formula is C14H23F3N2O. The van der Waals surface area contributed by atoms with Gasteiger partial charge in [-0.1, -0.05) is 6.92 Å². The summed E-state index contributed by atoms with van der Waals surface area (Å²) in [5.74, 6) is 0.714. The molecule has 3 nitrogen and oxygen atoms in total. The van der Waals surface area contributed by atoms with Crippen molar-refractivity contribution in [1.82, 2.24) is 10.2 Å². The van der Waals surface area contributed by atoms with Gasteiger partial charge in [-0.2, -0.15) is 13.2 Å². The number of hydrogen-bond acceptors (Lipinski definition) is 3. The van der Waals surface area contributed by atoms with Crippen LogP contribution in [0.4, 0.5) is 13.2 Å². The summed E-state index contributed by atoms with van der Waals surface area (Å²) in [6, 6.07) is 1.57. The van der Waals surface area contributed by atoms with Crippen LogP contribution in [0.1, 0.15) is 38.5 Å². The van der Waals surface area contributed by atoms with Crippen molar-refractivity contribution in [2.75, 3.05) is 13.1 Å². The van der Waals surface area contributed by atoms with E-state index in [1.165, 1.54) is 11.2 Å². The lowest BCUT2D eigenvalue weighted by atomic mass is 10.2. The van der Waals surface area contributed by atoms with E-state index in [-0.39, 0.29) is 12.6 Å². The highest BCUT2D eigenvalue weighted by atomic mass is 19.4. The van der Waals surface area contributed by atoms with Crippen LogP contribution in [0.3, 0.4) is 0 Å². The first-order valence-corrected chi connectivity index (χ1v) is 6.90. The van der Waals surface area contributed by atoms with Crippen molar-refractivity contribution in [1.29, 1.82) is 0 Å². The monoisotopic (exact) mass is 292 g/mol. The van der Waals surface area contributed by atoms with Crippen molar-refractivity contribution in [3.8, 4) is 0 Å². The second kappa shape index (κ2) is 7.69. The van der Waals surface area contributed by atoms with Crippen LogP contribution in [0.15, 0.2) is 16.7 Å². The molecule has 0 saturated carbocycles. The fraction of sp³-hybridized carbons (Fsp3) is 0.714. The molecule has 1 aromatic heterocycles. The third-order valence-electron chi connectivity index (χ3n) is 3.04. The lowest BCUT2D eigenvalue weighted by Gasteiger charge is -2.27. The predicted molar refractivity (Wildman–Crippen MR) is 72.3 cm³/mol. The molecule has 20 heavy (non-hydrogen) atoms. The van der Waals surface area contributed by atoms with Crippen LogP contribution >= 0.6 is 0 Å². The van der Waals surface area contributed by atoms with Crippen molar-refractivity contribution < 1.29 is 17.6 Å². The molecule has 0 spiro atoms. The molecule has 0 saturated heterocycles. The van der Waals surface area contributed by atoms with Crippen LogP contribution < -0.4 is 5.32 Å². The van der Waals surface area contributed by atoms with Gasteiger partial charge in [-0.3, -0.25) is 4.90 Å². The fourth-order valence-electron chi connectivity index (χ4n) is 1.91. The van der Waals surface area contributed by atoms with E-state index in [0.29, 0.717) is 12.3 Å². The zero-order chi connectivity index (χ0) is 15.2. The van der Waals surface area contributed by atoms with Crippen LogP contribution in [-0.2, 0) is 13.1 Å². The molecule has 0 atom stereocenters. The third-order valence-corrected chi connectivity index (χ3v) is 3.04. The topological polar surface area (TPSA) is 28.4 Å². The predicted octanol–water partition coefficient (Wildman–Crippen LogP) is 3.55. The van der Waals surface area contributed by atoms with Gasteiger partial charge in [-0.05, 0) is 32.9 Å². The number of halogens is 3. The van der Waals surface area contributed by atoms with E-state index < -0.39 is 12.7 Å². The second-order valence-electron chi connectivity index (χ2n) is 5.16. The van der Waals surface area contributed by atoms with Crippen LogP contribution in [0, 0.1) is 0 Å². The van der Waals surface area contributed by atoms with Gasteiger partial charge < -0.3 is 9.73 Å². The Kier molecular flexibility index (Phi) is 6.55. The Morgan fingerprint density at radius 3 is 2.60 bits per heavy atom. The third kappa shape index (κ3) is 5.96. The average Bonchev–Trinajstić information content (AvgIpc) is 2.74. The minimum atomic E-state index is -4.19. The first-order chi connectivity index (χ1) is 9.33. The molecule has 0 aliphatic rings. The summed E-state index contributed by atoms with van der Waals surface area (Å²) in [7, 11) is 0. The van der Waals surface area contributed by atoms with Crippen LogP contribution in [0.2, 0.25) is 0 Å². The van der Waals surface area contributed by atoms with E-state index in [1.807, 2.05) is 0 Å². The number of alkyl halides is 3. The molecular weight excluding hydrogens is 269 g/mol. The van der Waals surface area contributed by atoms with E-state index in [1.54, 1.807) is 19.9 Å². The van der Waals surface area contributed by atoms with Crippen molar-refractivity contribution in [2.45, 2.75) is 52.5 Å². The molecule has 116 valence electrons. The Balaban J connectivity index is 2.66. The molecule has 0 radical (unpaired) electrons. The van der Waals surface area contributed by atoms with Crippen LogP contribution in [-0.4, -0.2) is 30.2 Å². The minimum Gasteiger partial charge on any atom is -0.468 e. The van der Waals surface area contributed by atoms with Gasteiger partial charge in [0, 0.05) is 18.2 Å². The Labute approximate surface area is 118 Å². The Morgan fingerprint density at radius 1 is 1.35 bits per heavy atom. The van der Waals surface area contributed by atoms with Crippen molar-refractivity contribution in [2.24, 2.45) is 0 Å². The molecule has 0 bridgehead atoms. The molecule has 1 heterocycles. The van der Waals surface area contributed by atoms with Gasteiger partial charge in [-0.25, -0.2) is 0 Å². The molecule has 0 amide bonds. The average molecular weight is 292 g/mol. The SMILES string of the molecule is CCCNCc1occc1CN(CC(F)(F)F)C(C)C. The molecule has 1 N–H and O–H groups in total. The zero-order valence-electron chi connectivity index (χ0n) is 12.3. The van der Waals surface area contributed by atoms with Gasteiger partial charge in [0.1, 0.15) is 5.76 Å². The number of rotatable bonds is 8. The Morgan fingerprint density at radius 2 is 2.05 bits per heavy atom. The fourth-order valence-corrected chi connectivity index (χ4v) is 1.91. The summed E-state index contributed by atoms with van der Waals surface area (Å²) in [6.45, 7) is 6.33. The van der Waals surface area contributed by atoms with Gasteiger partial charge in [0.05, 0.1) is 19.4 Å². The van der Waals surface area contributed by atoms with Crippen molar-refractivity contribution >= 4 is 0 Å². The zero-order valence-corrected chi connectivity index (χ0v) is 12.3. The molecule has 0 fully saturated rings. The summed E-state index contributed by atoms with van der Waals surface area (Å²) in [6.07, 6.45) is -1.65. The molecule has 1 aromatic rings. The number of furan rings is 1. The van der Waals surface area contributed by atoms with Gasteiger partial charge >= 0.3 is 6.18 Å². The molecule has 6 heteroatoms. The van der Waals surface area contributed by atoms with Crippen LogP contribution in [0.25, 0.3) is 0 Å². The smallest absolute Gasteiger partial charge is 0.401 e. The minimum absolute atomic E-state index is 0.178. The van der Waals surface area contributed by atoms with Gasteiger partial charge in [0.25, 0.3) is 0 Å². The lowest BCUT2D eigenvalue weighted by molar-refractivity contribution is -0.150. The van der Waals surface area contributed by atoms with Crippen LogP contribution in [0.5, 0.6) is 0 Å². The Hall–Kier alpha value is -1.01. The summed E-state index contributed by atoms with van der Waals surface area (Å²) in [5, 5.41) is 3.19. The summed E-state index contributed by atoms with van der Waals surface area (Å²) in [4.78, 5) is 1.40. The first kappa shape index (κ1) is 17.0. The maximum absolute atomic E-state index is 12.6. The molecule has 0 aliphatic heterocycles. The highest BCUT2D eigenvalue weighted by Gasteiger charge is 2.32. The van der Waals surface area contributed by atoms with Crippen molar-refractivity contribution in [3.63, 3.8) is 0 Å². The Bertz CT molecular complexity index is 388. The molecule has 1 rings (SSSR count). The molecule has 0 aromatic carbocycles. The first-order valence-electron chi connectivity index (χ1n) is 6.90. The van der Waals surface area contributed by atoms with E-state index in [2.05, 4.69) is 12.2 Å². The van der Waals surface area contributed by atoms with Crippen molar-refractivity contribution in [3.05, 3.63) is 23.7 Å². The van der Waals surface area contributed by atoms with E-state index in [4.69, 9.17) is 4.42 Å². The lowest BCUT2D eigenvalue weighted by Crippen LogP contribution is -2.38. The van der Waals surface area contributed by atoms with E-state index in [9.17, 15) is 13.2 Å². The van der Waals surface area contributed by atoms with Gasteiger partial charge in [-0.15, -0.1) is 0 Å². The summed E-state index contributed by atoms with van der Waals surface area (Å²) in [5.41, 5.74) is 0.812. The summed E-state index contributed by atoms with van der Waals surface area (Å²) < 4.78 is 43.1. The largest absolute Gasteiger partial charge is 0.468 e. The maximum Gasteiger partial charge on any atom is 0.401 e. The van der Waals surface area contributed by atoms with Gasteiger partial charge in [0.2, 0.25) is 0 Å². The highest BCUT2D eigenvalue weighted by molar-refractivity contribution is 5.17. The maximum atomic E-state index is 12.6. The van der Waals surface area contributed by atoms with Gasteiger partial charge in [0.15, 0.2) is 0 Å². The quantitative estimate of drug-likeness (QED) is 0.743.